The van der Waals surface area contributed by atoms with Crippen LogP contribution in [-0.2, 0) is 9.53 Å². The summed E-state index contributed by atoms with van der Waals surface area (Å²) in [6, 6.07) is 4.27. The fourth-order valence-electron chi connectivity index (χ4n) is 3.90. The minimum atomic E-state index is 0.283. The summed E-state index contributed by atoms with van der Waals surface area (Å²) in [5, 5.41) is 0. The first kappa shape index (κ1) is 18.1. The smallest absolute Gasteiger partial charge is 0.223 e. The number of nitrogens with zero attached hydrogens (tertiary/aromatic N) is 4. The molecule has 0 unspecified atom stereocenters. The number of aromatic nitrogens is 1. The summed E-state index contributed by atoms with van der Waals surface area (Å²) in [5.41, 5.74) is 2.34. The van der Waals surface area contributed by atoms with Crippen molar-refractivity contribution in [3.05, 3.63) is 24.0 Å². The molecular formula is C19H30N4O2. The van der Waals surface area contributed by atoms with Crippen LogP contribution >= 0.6 is 0 Å². The Balaban J connectivity index is 1.49. The lowest BCUT2D eigenvalue weighted by Crippen LogP contribution is -2.35. The van der Waals surface area contributed by atoms with Gasteiger partial charge in [0, 0.05) is 70.4 Å². The van der Waals surface area contributed by atoms with Gasteiger partial charge in [-0.05, 0) is 37.9 Å². The molecule has 3 rings (SSSR count). The molecular weight excluding hydrogens is 316 g/mol. The van der Waals surface area contributed by atoms with Crippen molar-refractivity contribution in [1.29, 1.82) is 0 Å². The molecule has 138 valence electrons. The normalized spacial score (nSPS) is 22.5. The van der Waals surface area contributed by atoms with Crippen LogP contribution in [0.2, 0.25) is 0 Å². The number of hydrogen-bond acceptors (Lipinski definition) is 5. The predicted molar refractivity (Wildman–Crippen MR) is 98.8 cm³/mol. The van der Waals surface area contributed by atoms with Crippen molar-refractivity contribution in [1.82, 2.24) is 14.8 Å². The molecule has 6 nitrogen and oxygen atoms in total. The first-order chi connectivity index (χ1) is 12.2. The minimum Gasteiger partial charge on any atom is -0.383 e. The van der Waals surface area contributed by atoms with E-state index < -0.39 is 0 Å². The van der Waals surface area contributed by atoms with Gasteiger partial charge in [-0.25, -0.2) is 0 Å². The van der Waals surface area contributed by atoms with E-state index in [-0.39, 0.29) is 5.91 Å². The van der Waals surface area contributed by atoms with Crippen LogP contribution in [0.3, 0.4) is 0 Å². The quantitative estimate of drug-likeness (QED) is 0.779. The Morgan fingerprint density at radius 3 is 2.96 bits per heavy atom. The second-order valence-corrected chi connectivity index (χ2v) is 7.20. The highest BCUT2D eigenvalue weighted by Gasteiger charge is 2.30. The highest BCUT2D eigenvalue weighted by molar-refractivity contribution is 5.78. The highest BCUT2D eigenvalue weighted by Crippen LogP contribution is 2.21. The number of pyridine rings is 1. The number of amides is 1. The third-order valence-corrected chi connectivity index (χ3v) is 5.21. The van der Waals surface area contributed by atoms with Gasteiger partial charge in [0.25, 0.3) is 0 Å². The average Bonchev–Trinajstić information content (AvgIpc) is 2.80. The monoisotopic (exact) mass is 346 g/mol. The van der Waals surface area contributed by atoms with Crippen LogP contribution in [0.1, 0.15) is 18.5 Å². The molecule has 25 heavy (non-hydrogen) atoms. The average molecular weight is 346 g/mol. The van der Waals surface area contributed by atoms with Crippen LogP contribution in [0, 0.1) is 12.8 Å². The molecule has 0 bridgehead atoms. The summed E-state index contributed by atoms with van der Waals surface area (Å²) < 4.78 is 5.10. The standard InChI is InChI=1S/C19H30N4O2/c1-16-12-18(4-5-20-16)22-7-3-6-21(8-9-22)14-17-13-19(24)23(15-17)10-11-25-2/h4-5,12,17H,3,6-11,13-15H2,1-2H3/t17-/m0/s1. The summed E-state index contributed by atoms with van der Waals surface area (Å²) in [4.78, 5) is 23.3. The van der Waals surface area contributed by atoms with Crippen LogP contribution in [-0.4, -0.2) is 80.2 Å². The van der Waals surface area contributed by atoms with E-state index in [4.69, 9.17) is 4.74 Å². The van der Waals surface area contributed by atoms with Gasteiger partial charge in [0.2, 0.25) is 5.91 Å². The Bertz CT molecular complexity index is 580. The number of aryl methyl sites for hydroxylation is 1. The zero-order valence-corrected chi connectivity index (χ0v) is 15.5. The SMILES string of the molecule is COCCN1C[C@H](CN2CCCN(c3ccnc(C)c3)CC2)CC1=O. The van der Waals surface area contributed by atoms with Gasteiger partial charge in [-0.15, -0.1) is 0 Å². The van der Waals surface area contributed by atoms with Gasteiger partial charge in [0.1, 0.15) is 0 Å². The Morgan fingerprint density at radius 2 is 2.16 bits per heavy atom. The number of methoxy groups -OCH3 is 1. The fraction of sp³-hybridized carbons (Fsp3) is 0.684. The van der Waals surface area contributed by atoms with E-state index in [1.165, 1.54) is 5.69 Å². The van der Waals surface area contributed by atoms with Crippen molar-refractivity contribution >= 4 is 11.6 Å². The van der Waals surface area contributed by atoms with E-state index in [1.807, 2.05) is 18.0 Å². The van der Waals surface area contributed by atoms with Gasteiger partial charge < -0.3 is 19.4 Å². The van der Waals surface area contributed by atoms with Gasteiger partial charge in [-0.3, -0.25) is 9.78 Å². The van der Waals surface area contributed by atoms with Crippen LogP contribution in [0.4, 0.5) is 5.69 Å². The number of carbonyl (C=O) groups is 1. The number of carbonyl (C=O) groups excluding carboxylic acids is 1. The van der Waals surface area contributed by atoms with Gasteiger partial charge in [-0.1, -0.05) is 0 Å². The Kier molecular flexibility index (Phi) is 6.26. The van der Waals surface area contributed by atoms with Crippen molar-refractivity contribution in [3.63, 3.8) is 0 Å². The largest absolute Gasteiger partial charge is 0.383 e. The van der Waals surface area contributed by atoms with Crippen LogP contribution in [0.5, 0.6) is 0 Å². The molecule has 2 aliphatic rings. The summed E-state index contributed by atoms with van der Waals surface area (Å²) in [7, 11) is 1.69. The van der Waals surface area contributed by atoms with Gasteiger partial charge in [-0.2, -0.15) is 0 Å². The summed E-state index contributed by atoms with van der Waals surface area (Å²) in [6.45, 7) is 9.60. The number of rotatable bonds is 6. The second-order valence-electron chi connectivity index (χ2n) is 7.20. The maximum absolute atomic E-state index is 12.1. The fourth-order valence-corrected chi connectivity index (χ4v) is 3.90. The van der Waals surface area contributed by atoms with E-state index in [0.29, 0.717) is 18.9 Å². The van der Waals surface area contributed by atoms with Crippen molar-refractivity contribution in [2.24, 2.45) is 5.92 Å². The predicted octanol–water partition coefficient (Wildman–Crippen LogP) is 1.40. The van der Waals surface area contributed by atoms with Crippen molar-refractivity contribution in [3.8, 4) is 0 Å². The van der Waals surface area contributed by atoms with Gasteiger partial charge >= 0.3 is 0 Å². The molecule has 2 saturated heterocycles. The molecule has 0 saturated carbocycles. The third-order valence-electron chi connectivity index (χ3n) is 5.21. The second kappa shape index (κ2) is 8.63. The van der Waals surface area contributed by atoms with E-state index in [1.54, 1.807) is 7.11 Å². The molecule has 1 atom stereocenters. The lowest BCUT2D eigenvalue weighted by atomic mass is 10.1. The van der Waals surface area contributed by atoms with Crippen molar-refractivity contribution in [2.75, 3.05) is 64.4 Å². The number of ether oxygens (including phenoxy) is 1. The molecule has 0 radical (unpaired) electrons. The molecule has 1 aromatic heterocycles. The summed E-state index contributed by atoms with van der Waals surface area (Å²) in [6.07, 6.45) is 3.75. The molecule has 2 aliphatic heterocycles. The van der Waals surface area contributed by atoms with E-state index in [2.05, 4.69) is 26.9 Å². The maximum Gasteiger partial charge on any atom is 0.223 e. The lowest BCUT2D eigenvalue weighted by Gasteiger charge is -2.25. The number of likely N-dealkylation sites (tertiary alicyclic amines) is 1. The van der Waals surface area contributed by atoms with Crippen LogP contribution in [0.25, 0.3) is 0 Å². The molecule has 0 aliphatic carbocycles. The molecule has 2 fully saturated rings. The van der Waals surface area contributed by atoms with Crippen molar-refractivity contribution in [2.45, 2.75) is 19.8 Å². The number of anilines is 1. The molecule has 0 N–H and O–H groups in total. The lowest BCUT2D eigenvalue weighted by molar-refractivity contribution is -0.128. The zero-order valence-electron chi connectivity index (χ0n) is 15.5. The van der Waals surface area contributed by atoms with Crippen molar-refractivity contribution < 1.29 is 9.53 Å². The topological polar surface area (TPSA) is 48.9 Å². The van der Waals surface area contributed by atoms with E-state index in [9.17, 15) is 4.79 Å². The van der Waals surface area contributed by atoms with Crippen LogP contribution in [0.15, 0.2) is 18.3 Å². The Hall–Kier alpha value is -1.66. The highest BCUT2D eigenvalue weighted by atomic mass is 16.5. The first-order valence-electron chi connectivity index (χ1n) is 9.32. The maximum atomic E-state index is 12.1. The molecule has 1 amide bonds. The molecule has 1 aromatic rings. The molecule has 0 spiro atoms. The Labute approximate surface area is 150 Å². The molecule has 0 aromatic carbocycles. The number of hydrogen-bond donors (Lipinski definition) is 0. The Morgan fingerprint density at radius 1 is 1.28 bits per heavy atom. The summed E-state index contributed by atoms with van der Waals surface area (Å²) in [5.74, 6) is 0.741. The molecule has 3 heterocycles. The zero-order chi connectivity index (χ0) is 17.6. The van der Waals surface area contributed by atoms with E-state index >= 15 is 0 Å². The summed E-state index contributed by atoms with van der Waals surface area (Å²) >= 11 is 0. The van der Waals surface area contributed by atoms with E-state index in [0.717, 1.165) is 57.9 Å². The third kappa shape index (κ3) is 4.92. The van der Waals surface area contributed by atoms with Crippen LogP contribution < -0.4 is 4.90 Å². The minimum absolute atomic E-state index is 0.283. The first-order valence-corrected chi connectivity index (χ1v) is 9.32. The van der Waals surface area contributed by atoms with Gasteiger partial charge in [0.05, 0.1) is 6.61 Å². The van der Waals surface area contributed by atoms with Gasteiger partial charge in [0.15, 0.2) is 0 Å². The molecule has 6 heteroatoms.